The lowest BCUT2D eigenvalue weighted by Crippen LogP contribution is -2.17. The van der Waals surface area contributed by atoms with Gasteiger partial charge >= 0.3 is 0 Å². The van der Waals surface area contributed by atoms with Gasteiger partial charge in [0.2, 0.25) is 5.91 Å². The zero-order chi connectivity index (χ0) is 16.5. The summed E-state index contributed by atoms with van der Waals surface area (Å²) in [4.78, 5) is 35.1. The fourth-order valence-corrected chi connectivity index (χ4v) is 1.92. The third kappa shape index (κ3) is 5.61. The first-order valence-electron chi connectivity index (χ1n) is 7.12. The van der Waals surface area contributed by atoms with E-state index in [9.17, 15) is 14.4 Å². The van der Waals surface area contributed by atoms with Gasteiger partial charge in [0.25, 0.3) is 0 Å². The molecule has 5 heteroatoms. The third-order valence-electron chi connectivity index (χ3n) is 2.90. The SMILES string of the molecule is CCCC(=O)C(=Cc1ccc(NC(C)=O)cc1)C(=O)COC. The van der Waals surface area contributed by atoms with E-state index in [1.165, 1.54) is 14.0 Å². The highest BCUT2D eigenvalue weighted by Gasteiger charge is 2.17. The van der Waals surface area contributed by atoms with Crippen molar-refractivity contribution in [3.63, 3.8) is 0 Å². The van der Waals surface area contributed by atoms with Gasteiger partial charge in [-0.25, -0.2) is 0 Å². The minimum Gasteiger partial charge on any atom is -0.377 e. The van der Waals surface area contributed by atoms with Crippen LogP contribution in [-0.4, -0.2) is 31.2 Å². The lowest BCUT2D eigenvalue weighted by molar-refractivity contribution is -0.123. The van der Waals surface area contributed by atoms with Gasteiger partial charge in [-0.3, -0.25) is 14.4 Å². The number of ether oxygens (including phenoxy) is 1. The number of ketones is 2. The molecule has 0 aliphatic carbocycles. The van der Waals surface area contributed by atoms with Crippen LogP contribution in [0.15, 0.2) is 29.8 Å². The Labute approximate surface area is 130 Å². The molecule has 0 aromatic heterocycles. The Balaban J connectivity index is 3.02. The first-order chi connectivity index (χ1) is 10.5. The van der Waals surface area contributed by atoms with Gasteiger partial charge in [0.15, 0.2) is 11.6 Å². The predicted molar refractivity (Wildman–Crippen MR) is 85.5 cm³/mol. The molecule has 5 nitrogen and oxygen atoms in total. The fourth-order valence-electron chi connectivity index (χ4n) is 1.92. The Kier molecular flexibility index (Phi) is 7.19. The number of anilines is 1. The molecule has 0 spiro atoms. The number of hydrogen-bond donors (Lipinski definition) is 1. The van der Waals surface area contributed by atoms with Crippen molar-refractivity contribution in [2.45, 2.75) is 26.7 Å². The summed E-state index contributed by atoms with van der Waals surface area (Å²) in [6.45, 7) is 3.20. The maximum Gasteiger partial charge on any atom is 0.221 e. The molecule has 0 atom stereocenters. The van der Waals surface area contributed by atoms with Crippen LogP contribution in [0.25, 0.3) is 6.08 Å². The number of rotatable bonds is 8. The first kappa shape index (κ1) is 17.8. The van der Waals surface area contributed by atoms with Gasteiger partial charge in [-0.2, -0.15) is 0 Å². The molecule has 1 amide bonds. The number of methoxy groups -OCH3 is 1. The maximum absolute atomic E-state index is 12.1. The number of Topliss-reactive ketones (excluding diaryl/α,β-unsaturated/α-hetero) is 2. The molecule has 0 unspecified atom stereocenters. The molecule has 0 heterocycles. The number of benzene rings is 1. The molecule has 1 aromatic carbocycles. The van der Waals surface area contributed by atoms with E-state index in [4.69, 9.17) is 4.74 Å². The fraction of sp³-hybridized carbons (Fsp3) is 0.353. The second-order valence-corrected chi connectivity index (χ2v) is 4.89. The Hall–Kier alpha value is -2.27. The van der Waals surface area contributed by atoms with Crippen molar-refractivity contribution in [2.75, 3.05) is 19.0 Å². The van der Waals surface area contributed by atoms with E-state index in [1.54, 1.807) is 30.3 Å². The van der Waals surface area contributed by atoms with Crippen molar-refractivity contribution >= 4 is 29.2 Å². The smallest absolute Gasteiger partial charge is 0.221 e. The summed E-state index contributed by atoms with van der Waals surface area (Å²) in [6.07, 6.45) is 2.57. The molecule has 0 bridgehead atoms. The summed E-state index contributed by atoms with van der Waals surface area (Å²) in [7, 11) is 1.42. The molecule has 0 aliphatic heterocycles. The molecule has 118 valence electrons. The van der Waals surface area contributed by atoms with E-state index >= 15 is 0 Å². The van der Waals surface area contributed by atoms with Gasteiger partial charge in [-0.1, -0.05) is 19.1 Å². The Morgan fingerprint density at radius 3 is 2.27 bits per heavy atom. The Morgan fingerprint density at radius 2 is 1.77 bits per heavy atom. The highest BCUT2D eigenvalue weighted by atomic mass is 16.5. The topological polar surface area (TPSA) is 72.5 Å². The summed E-state index contributed by atoms with van der Waals surface area (Å²) in [6, 6.07) is 6.92. The van der Waals surface area contributed by atoms with E-state index in [-0.39, 0.29) is 29.7 Å². The van der Waals surface area contributed by atoms with E-state index in [0.29, 0.717) is 18.5 Å². The van der Waals surface area contributed by atoms with E-state index in [2.05, 4.69) is 5.32 Å². The molecule has 1 rings (SSSR count). The molecule has 1 N–H and O–H groups in total. The standard InChI is InChI=1S/C17H21NO4/c1-4-5-16(20)15(17(21)11-22-3)10-13-6-8-14(9-7-13)18-12(2)19/h6-10H,4-5,11H2,1-3H3,(H,18,19). The predicted octanol–water partition coefficient (Wildman–Crippen LogP) is 2.61. The maximum atomic E-state index is 12.1. The van der Waals surface area contributed by atoms with Crippen LogP contribution in [0.5, 0.6) is 0 Å². The zero-order valence-corrected chi connectivity index (χ0v) is 13.1. The van der Waals surface area contributed by atoms with Crippen molar-refractivity contribution in [1.82, 2.24) is 0 Å². The van der Waals surface area contributed by atoms with E-state index in [0.717, 1.165) is 5.56 Å². The average Bonchev–Trinajstić information content (AvgIpc) is 2.46. The minimum absolute atomic E-state index is 0.120. The molecular formula is C17H21NO4. The van der Waals surface area contributed by atoms with Crippen molar-refractivity contribution in [3.8, 4) is 0 Å². The summed E-state index contributed by atoms with van der Waals surface area (Å²) in [5, 5.41) is 2.66. The van der Waals surface area contributed by atoms with Crippen LogP contribution >= 0.6 is 0 Å². The van der Waals surface area contributed by atoms with Gasteiger partial charge < -0.3 is 10.1 Å². The van der Waals surface area contributed by atoms with E-state index < -0.39 is 0 Å². The zero-order valence-electron chi connectivity index (χ0n) is 13.1. The van der Waals surface area contributed by atoms with Crippen LogP contribution in [0.4, 0.5) is 5.69 Å². The van der Waals surface area contributed by atoms with Gasteiger partial charge in [-0.05, 0) is 30.2 Å². The summed E-state index contributed by atoms with van der Waals surface area (Å²) in [5.41, 5.74) is 1.53. The monoisotopic (exact) mass is 303 g/mol. The Morgan fingerprint density at radius 1 is 1.14 bits per heavy atom. The van der Waals surface area contributed by atoms with Crippen LogP contribution < -0.4 is 5.32 Å². The number of amides is 1. The quantitative estimate of drug-likeness (QED) is 0.455. The normalized spacial score (nSPS) is 11.1. The molecule has 0 saturated heterocycles. The minimum atomic E-state index is -0.327. The third-order valence-corrected chi connectivity index (χ3v) is 2.90. The van der Waals surface area contributed by atoms with Crippen LogP contribution in [0.2, 0.25) is 0 Å². The van der Waals surface area contributed by atoms with Crippen LogP contribution in [0.3, 0.4) is 0 Å². The highest BCUT2D eigenvalue weighted by Crippen LogP contribution is 2.15. The van der Waals surface area contributed by atoms with E-state index in [1.807, 2.05) is 6.92 Å². The lowest BCUT2D eigenvalue weighted by atomic mass is 10.00. The number of carbonyl (C=O) groups is 3. The van der Waals surface area contributed by atoms with Gasteiger partial charge in [0.1, 0.15) is 6.61 Å². The first-order valence-corrected chi connectivity index (χ1v) is 7.12. The summed E-state index contributed by atoms with van der Waals surface area (Å²) in [5.74, 6) is -0.667. The molecule has 0 aliphatic rings. The highest BCUT2D eigenvalue weighted by molar-refractivity contribution is 6.23. The average molecular weight is 303 g/mol. The number of hydrogen-bond acceptors (Lipinski definition) is 4. The summed E-state index contributed by atoms with van der Waals surface area (Å²) < 4.78 is 4.82. The van der Waals surface area contributed by atoms with Crippen molar-refractivity contribution in [1.29, 1.82) is 0 Å². The second-order valence-electron chi connectivity index (χ2n) is 4.89. The van der Waals surface area contributed by atoms with Crippen LogP contribution in [0.1, 0.15) is 32.3 Å². The number of carbonyl (C=O) groups excluding carboxylic acids is 3. The largest absolute Gasteiger partial charge is 0.377 e. The van der Waals surface area contributed by atoms with Gasteiger partial charge in [-0.15, -0.1) is 0 Å². The van der Waals surface area contributed by atoms with Gasteiger partial charge in [0, 0.05) is 26.1 Å². The number of nitrogens with one attached hydrogen (secondary N) is 1. The van der Waals surface area contributed by atoms with Crippen molar-refractivity contribution in [2.24, 2.45) is 0 Å². The summed E-state index contributed by atoms with van der Waals surface area (Å²) >= 11 is 0. The van der Waals surface area contributed by atoms with Gasteiger partial charge in [0.05, 0.1) is 5.57 Å². The van der Waals surface area contributed by atoms with Crippen LogP contribution in [-0.2, 0) is 19.1 Å². The molecule has 0 radical (unpaired) electrons. The second kappa shape index (κ2) is 8.89. The molecule has 22 heavy (non-hydrogen) atoms. The molecule has 1 aromatic rings. The molecule has 0 fully saturated rings. The van der Waals surface area contributed by atoms with Crippen molar-refractivity contribution in [3.05, 3.63) is 35.4 Å². The van der Waals surface area contributed by atoms with Crippen molar-refractivity contribution < 1.29 is 19.1 Å². The molecular weight excluding hydrogens is 282 g/mol. The lowest BCUT2D eigenvalue weighted by Gasteiger charge is -2.06. The van der Waals surface area contributed by atoms with Crippen LogP contribution in [0, 0.1) is 0 Å². The Bertz CT molecular complexity index is 553. The molecule has 0 saturated carbocycles.